The van der Waals surface area contributed by atoms with E-state index < -0.39 is 17.8 Å². The van der Waals surface area contributed by atoms with E-state index in [0.717, 1.165) is 5.39 Å². The molecule has 2 heterocycles. The van der Waals surface area contributed by atoms with E-state index in [0.29, 0.717) is 22.1 Å². The molecule has 148 valence electrons. The maximum absolute atomic E-state index is 14.1. The van der Waals surface area contributed by atoms with Gasteiger partial charge < -0.3 is 9.73 Å². The number of fused-ring (bicyclic) bond motifs is 1. The van der Waals surface area contributed by atoms with Gasteiger partial charge in [-0.25, -0.2) is 14.4 Å². The van der Waals surface area contributed by atoms with Gasteiger partial charge in [0.05, 0.1) is 6.07 Å². The van der Waals surface area contributed by atoms with Crippen LogP contribution in [-0.4, -0.2) is 15.9 Å². The van der Waals surface area contributed by atoms with Crippen LogP contribution >= 0.6 is 11.8 Å². The smallest absolute Gasteiger partial charge is 0.288 e. The van der Waals surface area contributed by atoms with Crippen LogP contribution in [0.4, 0.5) is 4.39 Å². The third-order valence-electron chi connectivity index (χ3n) is 4.41. The second-order valence-corrected chi connectivity index (χ2v) is 7.23. The molecule has 0 aliphatic rings. The second-order valence-electron chi connectivity index (χ2n) is 6.28. The summed E-state index contributed by atoms with van der Waals surface area (Å²) >= 11 is 1.36. The van der Waals surface area contributed by atoms with E-state index in [9.17, 15) is 14.4 Å². The summed E-state index contributed by atoms with van der Waals surface area (Å²) in [6, 6.07) is 15.6. The van der Waals surface area contributed by atoms with Gasteiger partial charge in [0.1, 0.15) is 17.4 Å². The summed E-state index contributed by atoms with van der Waals surface area (Å²) in [5, 5.41) is 13.4. The topological polar surface area (TPSA) is 91.8 Å². The fourth-order valence-electron chi connectivity index (χ4n) is 3.01. The van der Waals surface area contributed by atoms with Crippen LogP contribution in [0.25, 0.3) is 11.0 Å². The Labute approximate surface area is 175 Å². The number of nitrogens with one attached hydrogen (secondary N) is 1. The molecular formula is C22H15FN4O2S. The second kappa shape index (κ2) is 8.76. The largest absolute Gasteiger partial charge is 0.451 e. The number of hydrogen-bond donors (Lipinski definition) is 1. The first-order valence-electron chi connectivity index (χ1n) is 9.02. The lowest BCUT2D eigenvalue weighted by atomic mass is 10.1. The lowest BCUT2D eigenvalue weighted by Gasteiger charge is -2.12. The molecule has 1 amide bonds. The van der Waals surface area contributed by atoms with E-state index in [1.54, 1.807) is 30.6 Å². The van der Waals surface area contributed by atoms with Crippen molar-refractivity contribution in [1.82, 2.24) is 15.3 Å². The van der Waals surface area contributed by atoms with Crippen LogP contribution < -0.4 is 5.32 Å². The Morgan fingerprint density at radius 1 is 1.13 bits per heavy atom. The van der Waals surface area contributed by atoms with Crippen LogP contribution in [0.2, 0.25) is 0 Å². The van der Waals surface area contributed by atoms with E-state index >= 15 is 0 Å². The van der Waals surface area contributed by atoms with Gasteiger partial charge in [0.25, 0.3) is 5.91 Å². The van der Waals surface area contributed by atoms with Gasteiger partial charge in [0.15, 0.2) is 10.9 Å². The zero-order valence-corrected chi connectivity index (χ0v) is 16.4. The molecule has 0 bridgehead atoms. The molecule has 0 aliphatic carbocycles. The summed E-state index contributed by atoms with van der Waals surface area (Å²) in [6.45, 7) is 0. The molecule has 2 aromatic carbocycles. The number of furan rings is 1. The van der Waals surface area contributed by atoms with Gasteiger partial charge in [-0.2, -0.15) is 5.26 Å². The molecule has 1 N–H and O–H groups in total. The van der Waals surface area contributed by atoms with Gasteiger partial charge in [-0.1, -0.05) is 48.2 Å². The van der Waals surface area contributed by atoms with Gasteiger partial charge in [-0.15, -0.1) is 0 Å². The van der Waals surface area contributed by atoms with Crippen molar-refractivity contribution in [3.63, 3.8) is 0 Å². The molecule has 1 atom stereocenters. The Hall–Kier alpha value is -3.70. The molecule has 30 heavy (non-hydrogen) atoms. The Morgan fingerprint density at radius 3 is 2.63 bits per heavy atom. The average Bonchev–Trinajstić information content (AvgIpc) is 3.16. The summed E-state index contributed by atoms with van der Waals surface area (Å²) in [6.07, 6.45) is 3.28. The van der Waals surface area contributed by atoms with Crippen LogP contribution in [0.15, 0.2) is 76.6 Å². The number of para-hydroxylation sites is 1. The number of rotatable bonds is 6. The van der Waals surface area contributed by atoms with Crippen molar-refractivity contribution in [3.05, 3.63) is 89.7 Å². The first-order chi connectivity index (χ1) is 14.7. The molecule has 0 fully saturated rings. The van der Waals surface area contributed by atoms with E-state index in [1.165, 1.54) is 30.0 Å². The molecule has 0 radical (unpaired) electrons. The molecule has 2 aromatic heterocycles. The summed E-state index contributed by atoms with van der Waals surface area (Å²) in [7, 11) is 0. The number of hydrogen-bond acceptors (Lipinski definition) is 6. The van der Waals surface area contributed by atoms with Crippen molar-refractivity contribution in [1.29, 1.82) is 5.26 Å². The van der Waals surface area contributed by atoms with E-state index in [-0.39, 0.29) is 11.3 Å². The van der Waals surface area contributed by atoms with E-state index in [2.05, 4.69) is 15.3 Å². The highest BCUT2D eigenvalue weighted by molar-refractivity contribution is 7.98. The zero-order chi connectivity index (χ0) is 20.9. The molecule has 0 spiro atoms. The third-order valence-corrected chi connectivity index (χ3v) is 5.31. The highest BCUT2D eigenvalue weighted by Gasteiger charge is 2.25. The highest BCUT2D eigenvalue weighted by Crippen LogP contribution is 2.31. The summed E-state index contributed by atoms with van der Waals surface area (Å²) in [4.78, 5) is 21.3. The lowest BCUT2D eigenvalue weighted by molar-refractivity contribution is 0.0918. The fraction of sp³-hybridized carbons (Fsp3) is 0.0909. The predicted molar refractivity (Wildman–Crippen MR) is 110 cm³/mol. The maximum atomic E-state index is 14.1. The number of amides is 1. The number of benzene rings is 2. The average molecular weight is 418 g/mol. The standard InChI is InChI=1S/C22H15FN4O2S/c23-17-8-3-1-7-15(17)18(12-24)27-21(28)20-16(13-30-22-25-10-5-11-26-22)14-6-2-4-9-19(14)29-20/h1-11,18H,13H2,(H,27,28). The minimum Gasteiger partial charge on any atom is -0.451 e. The number of nitriles is 1. The SMILES string of the molecule is N#CC(NC(=O)c1oc2ccccc2c1CSc1ncccn1)c1ccccc1F. The quantitative estimate of drug-likeness (QED) is 0.362. The first kappa shape index (κ1) is 19.6. The lowest BCUT2D eigenvalue weighted by Crippen LogP contribution is -2.28. The monoisotopic (exact) mass is 418 g/mol. The van der Waals surface area contributed by atoms with Crippen LogP contribution in [0.1, 0.15) is 27.7 Å². The van der Waals surface area contributed by atoms with Crippen LogP contribution in [0.3, 0.4) is 0 Å². The normalized spacial score (nSPS) is 11.7. The van der Waals surface area contributed by atoms with Gasteiger partial charge in [0.2, 0.25) is 0 Å². The maximum Gasteiger partial charge on any atom is 0.288 e. The Morgan fingerprint density at radius 2 is 1.87 bits per heavy atom. The minimum absolute atomic E-state index is 0.0798. The van der Waals surface area contributed by atoms with Crippen LogP contribution in [-0.2, 0) is 5.75 Å². The van der Waals surface area contributed by atoms with Gasteiger partial charge in [-0.05, 0) is 18.2 Å². The van der Waals surface area contributed by atoms with Crippen molar-refractivity contribution in [3.8, 4) is 6.07 Å². The van der Waals surface area contributed by atoms with Crippen molar-refractivity contribution >= 4 is 28.6 Å². The third kappa shape index (κ3) is 4.02. The molecule has 0 aliphatic heterocycles. The van der Waals surface area contributed by atoms with Crippen LogP contribution in [0.5, 0.6) is 0 Å². The number of carbonyl (C=O) groups is 1. The summed E-state index contributed by atoms with van der Waals surface area (Å²) in [5.74, 6) is -0.687. The highest BCUT2D eigenvalue weighted by atomic mass is 32.2. The zero-order valence-electron chi connectivity index (χ0n) is 15.6. The molecule has 4 rings (SSSR count). The number of aromatic nitrogens is 2. The Balaban J connectivity index is 1.65. The van der Waals surface area contributed by atoms with Crippen molar-refractivity contribution < 1.29 is 13.6 Å². The van der Waals surface area contributed by atoms with Gasteiger partial charge >= 0.3 is 0 Å². The van der Waals surface area contributed by atoms with E-state index in [4.69, 9.17) is 4.42 Å². The summed E-state index contributed by atoms with van der Waals surface area (Å²) in [5.41, 5.74) is 1.30. The Kier molecular flexibility index (Phi) is 5.72. The van der Waals surface area contributed by atoms with Gasteiger partial charge in [-0.3, -0.25) is 4.79 Å². The summed E-state index contributed by atoms with van der Waals surface area (Å²) < 4.78 is 19.9. The minimum atomic E-state index is -1.15. The molecule has 0 saturated heterocycles. The van der Waals surface area contributed by atoms with Crippen molar-refractivity contribution in [2.75, 3.05) is 0 Å². The predicted octanol–water partition coefficient (Wildman–Crippen LogP) is 4.65. The van der Waals surface area contributed by atoms with Crippen LogP contribution in [0, 0.1) is 17.1 Å². The fourth-order valence-corrected chi connectivity index (χ4v) is 3.84. The molecule has 0 saturated carbocycles. The Bertz CT molecular complexity index is 1240. The number of carbonyl (C=O) groups excluding carboxylic acids is 1. The molecule has 8 heteroatoms. The number of thioether (sulfide) groups is 1. The first-order valence-corrected chi connectivity index (χ1v) is 10.0. The van der Waals surface area contributed by atoms with Crippen molar-refractivity contribution in [2.24, 2.45) is 0 Å². The van der Waals surface area contributed by atoms with Crippen molar-refractivity contribution in [2.45, 2.75) is 17.0 Å². The molecule has 6 nitrogen and oxygen atoms in total. The van der Waals surface area contributed by atoms with Gasteiger partial charge in [0, 0.05) is 34.7 Å². The molecule has 4 aromatic rings. The molecular weight excluding hydrogens is 403 g/mol. The molecule has 1 unspecified atom stereocenters. The number of nitrogens with zero attached hydrogens (tertiary/aromatic N) is 3. The van der Waals surface area contributed by atoms with E-state index in [1.807, 2.05) is 24.3 Å². The number of halogens is 1.